The maximum Gasteiger partial charge on any atom is 0.134 e. The fraction of sp³-hybridized carbons (Fsp3) is 0.538. The van der Waals surface area contributed by atoms with Gasteiger partial charge in [-0.2, -0.15) is 0 Å². The van der Waals surface area contributed by atoms with Crippen LogP contribution >= 0.6 is 0 Å². The van der Waals surface area contributed by atoms with Crippen molar-refractivity contribution in [1.82, 2.24) is 5.32 Å². The maximum absolute atomic E-state index is 5.81. The van der Waals surface area contributed by atoms with Gasteiger partial charge in [-0.05, 0) is 31.2 Å². The number of rotatable bonds is 7. The van der Waals surface area contributed by atoms with Crippen LogP contribution in [0.3, 0.4) is 0 Å². The summed E-state index contributed by atoms with van der Waals surface area (Å²) in [4.78, 5) is 0. The molecule has 0 saturated heterocycles. The molecule has 0 heterocycles. The van der Waals surface area contributed by atoms with Crippen molar-refractivity contribution >= 4 is 0 Å². The van der Waals surface area contributed by atoms with Crippen LogP contribution in [0, 0.1) is 0 Å². The highest BCUT2D eigenvalue weighted by Crippen LogP contribution is 2.14. The second kappa shape index (κ2) is 7.25. The Morgan fingerprint density at radius 2 is 1.94 bits per heavy atom. The summed E-state index contributed by atoms with van der Waals surface area (Å²) in [7, 11) is 3.60. The Hall–Kier alpha value is -1.06. The second-order valence-corrected chi connectivity index (χ2v) is 3.75. The number of methoxy groups -OCH3 is 1. The largest absolute Gasteiger partial charge is 0.487 e. The minimum absolute atomic E-state index is 0.0578. The Kier molecular flexibility index (Phi) is 5.90. The summed E-state index contributed by atoms with van der Waals surface area (Å²) in [5, 5.41) is 3.09. The van der Waals surface area contributed by atoms with Gasteiger partial charge < -0.3 is 14.8 Å². The molecular weight excluding hydrogens is 202 g/mol. The fourth-order valence-electron chi connectivity index (χ4n) is 1.54. The molecule has 1 atom stereocenters. The summed E-state index contributed by atoms with van der Waals surface area (Å²) in [6.07, 6.45) is 1.11. The molecule has 3 nitrogen and oxygen atoms in total. The van der Waals surface area contributed by atoms with Crippen LogP contribution in [0.1, 0.15) is 12.5 Å². The third kappa shape index (κ3) is 4.21. The van der Waals surface area contributed by atoms with Crippen LogP contribution in [0.4, 0.5) is 0 Å². The molecule has 0 fully saturated rings. The molecule has 16 heavy (non-hydrogen) atoms. The zero-order valence-electron chi connectivity index (χ0n) is 10.3. The summed E-state index contributed by atoms with van der Waals surface area (Å²) in [5.41, 5.74) is 1.32. The molecule has 0 aliphatic heterocycles. The Balaban J connectivity index is 2.54. The highest BCUT2D eigenvalue weighted by Gasteiger charge is 2.08. The van der Waals surface area contributed by atoms with E-state index < -0.39 is 0 Å². The molecule has 0 aliphatic carbocycles. The topological polar surface area (TPSA) is 30.5 Å². The summed E-state index contributed by atoms with van der Waals surface area (Å²) >= 11 is 0. The van der Waals surface area contributed by atoms with Crippen molar-refractivity contribution in [3.05, 3.63) is 29.8 Å². The van der Waals surface area contributed by atoms with Gasteiger partial charge in [0.1, 0.15) is 11.9 Å². The number of hydrogen-bond donors (Lipinski definition) is 1. The molecule has 0 radical (unpaired) electrons. The van der Waals surface area contributed by atoms with Crippen LogP contribution in [-0.2, 0) is 11.2 Å². The first-order chi connectivity index (χ1) is 7.80. The first kappa shape index (κ1) is 13.0. The van der Waals surface area contributed by atoms with E-state index in [9.17, 15) is 0 Å². The van der Waals surface area contributed by atoms with Gasteiger partial charge in [-0.25, -0.2) is 0 Å². The Labute approximate surface area is 97.8 Å². The van der Waals surface area contributed by atoms with E-state index >= 15 is 0 Å². The van der Waals surface area contributed by atoms with Gasteiger partial charge in [-0.15, -0.1) is 0 Å². The van der Waals surface area contributed by atoms with Gasteiger partial charge in [0.2, 0.25) is 0 Å². The quantitative estimate of drug-likeness (QED) is 0.765. The molecule has 0 amide bonds. The molecule has 1 aromatic carbocycles. The number of ether oxygens (including phenoxy) is 2. The van der Waals surface area contributed by atoms with Crippen molar-refractivity contribution in [2.45, 2.75) is 19.4 Å². The minimum atomic E-state index is 0.0578. The standard InChI is InChI=1S/C13H21NO2/c1-4-11-5-7-12(8-6-11)16-13(9-14-2)10-15-3/h5-8,13-14H,4,9-10H2,1-3H3. The summed E-state index contributed by atoms with van der Waals surface area (Å²) in [6.45, 7) is 3.52. The molecule has 1 aromatic rings. The van der Waals surface area contributed by atoms with Crippen molar-refractivity contribution in [3.63, 3.8) is 0 Å². The highest BCUT2D eigenvalue weighted by atomic mass is 16.5. The molecule has 0 aromatic heterocycles. The van der Waals surface area contributed by atoms with E-state index in [4.69, 9.17) is 9.47 Å². The molecule has 90 valence electrons. The monoisotopic (exact) mass is 223 g/mol. The number of benzene rings is 1. The van der Waals surface area contributed by atoms with Gasteiger partial charge in [-0.1, -0.05) is 19.1 Å². The van der Waals surface area contributed by atoms with Gasteiger partial charge in [0, 0.05) is 13.7 Å². The minimum Gasteiger partial charge on any atom is -0.487 e. The molecule has 0 bridgehead atoms. The van der Waals surface area contributed by atoms with Crippen LogP contribution < -0.4 is 10.1 Å². The number of aryl methyl sites for hydroxylation is 1. The van der Waals surface area contributed by atoms with Crippen LogP contribution in [0.25, 0.3) is 0 Å². The lowest BCUT2D eigenvalue weighted by Crippen LogP contribution is -2.33. The first-order valence-electron chi connectivity index (χ1n) is 5.69. The normalized spacial score (nSPS) is 12.4. The SMILES string of the molecule is CCc1ccc(OC(CNC)COC)cc1. The third-order valence-corrected chi connectivity index (χ3v) is 2.42. The molecule has 0 spiro atoms. The zero-order chi connectivity index (χ0) is 11.8. The predicted octanol–water partition coefficient (Wildman–Crippen LogP) is 1.86. The lowest BCUT2D eigenvalue weighted by atomic mass is 10.2. The maximum atomic E-state index is 5.81. The van der Waals surface area contributed by atoms with Gasteiger partial charge >= 0.3 is 0 Å². The Morgan fingerprint density at radius 1 is 1.25 bits per heavy atom. The zero-order valence-corrected chi connectivity index (χ0v) is 10.3. The van der Waals surface area contributed by atoms with E-state index in [0.717, 1.165) is 18.7 Å². The van der Waals surface area contributed by atoms with Gasteiger partial charge in [0.05, 0.1) is 6.61 Å². The van der Waals surface area contributed by atoms with Crippen molar-refractivity contribution in [2.75, 3.05) is 27.3 Å². The average Bonchev–Trinajstić information content (AvgIpc) is 2.31. The van der Waals surface area contributed by atoms with Crippen LogP contribution in [0.5, 0.6) is 5.75 Å². The average molecular weight is 223 g/mol. The first-order valence-corrected chi connectivity index (χ1v) is 5.69. The van der Waals surface area contributed by atoms with Crippen molar-refractivity contribution < 1.29 is 9.47 Å². The number of hydrogen-bond acceptors (Lipinski definition) is 3. The van der Waals surface area contributed by atoms with Crippen LogP contribution in [0.2, 0.25) is 0 Å². The fourth-order valence-corrected chi connectivity index (χ4v) is 1.54. The highest BCUT2D eigenvalue weighted by molar-refractivity contribution is 5.27. The molecular formula is C13H21NO2. The number of nitrogens with one attached hydrogen (secondary N) is 1. The van der Waals surface area contributed by atoms with E-state index in [2.05, 4.69) is 24.4 Å². The van der Waals surface area contributed by atoms with Crippen LogP contribution in [0.15, 0.2) is 24.3 Å². The van der Waals surface area contributed by atoms with E-state index in [1.54, 1.807) is 7.11 Å². The second-order valence-electron chi connectivity index (χ2n) is 3.75. The third-order valence-electron chi connectivity index (χ3n) is 2.42. The van der Waals surface area contributed by atoms with Crippen molar-refractivity contribution in [3.8, 4) is 5.75 Å². The van der Waals surface area contributed by atoms with Gasteiger partial charge in [-0.3, -0.25) is 0 Å². The Bertz CT molecular complexity index is 278. The van der Waals surface area contributed by atoms with Gasteiger partial charge in [0.15, 0.2) is 0 Å². The number of likely N-dealkylation sites (N-methyl/N-ethyl adjacent to an activating group) is 1. The summed E-state index contributed by atoms with van der Waals surface area (Å²) < 4.78 is 10.9. The molecule has 1 N–H and O–H groups in total. The molecule has 0 saturated carbocycles. The summed E-state index contributed by atoms with van der Waals surface area (Å²) in [6, 6.07) is 8.21. The Morgan fingerprint density at radius 3 is 2.44 bits per heavy atom. The van der Waals surface area contributed by atoms with Crippen LogP contribution in [-0.4, -0.2) is 33.4 Å². The predicted molar refractivity (Wildman–Crippen MR) is 66.0 cm³/mol. The van der Waals surface area contributed by atoms with E-state index in [-0.39, 0.29) is 6.10 Å². The van der Waals surface area contributed by atoms with Crippen molar-refractivity contribution in [2.24, 2.45) is 0 Å². The molecule has 1 unspecified atom stereocenters. The molecule has 3 heteroatoms. The smallest absolute Gasteiger partial charge is 0.134 e. The molecule has 0 aliphatic rings. The lowest BCUT2D eigenvalue weighted by Gasteiger charge is -2.18. The summed E-state index contributed by atoms with van der Waals surface area (Å²) in [5.74, 6) is 0.898. The van der Waals surface area contributed by atoms with E-state index in [1.807, 2.05) is 19.2 Å². The van der Waals surface area contributed by atoms with Gasteiger partial charge in [0.25, 0.3) is 0 Å². The molecule has 1 rings (SSSR count). The van der Waals surface area contributed by atoms with Crippen molar-refractivity contribution in [1.29, 1.82) is 0 Å². The lowest BCUT2D eigenvalue weighted by molar-refractivity contribution is 0.0818. The van der Waals surface area contributed by atoms with E-state index in [1.165, 1.54) is 5.56 Å². The van der Waals surface area contributed by atoms with E-state index in [0.29, 0.717) is 6.61 Å².